The van der Waals surface area contributed by atoms with E-state index in [1.807, 2.05) is 12.1 Å². The van der Waals surface area contributed by atoms with Gasteiger partial charge >= 0.3 is 0 Å². The SMILES string of the molecule is COc1ccc(CN2CCC(CNC(=O)c3ccc(S(=O)(=O)NC(C)C)cc3)CC2)cc1. The van der Waals surface area contributed by atoms with Gasteiger partial charge in [-0.05, 0) is 87.7 Å². The predicted octanol–water partition coefficient (Wildman–Crippen LogP) is 3.02. The minimum atomic E-state index is -3.56. The molecule has 0 aliphatic carbocycles. The summed E-state index contributed by atoms with van der Waals surface area (Å²) in [5, 5.41) is 3.00. The van der Waals surface area contributed by atoms with Crippen molar-refractivity contribution in [2.45, 2.75) is 44.2 Å². The molecule has 2 aromatic rings. The Balaban J connectivity index is 1.43. The van der Waals surface area contributed by atoms with Gasteiger partial charge in [0.25, 0.3) is 5.91 Å². The molecule has 2 N–H and O–H groups in total. The first-order valence-corrected chi connectivity index (χ1v) is 12.5. The number of amides is 1. The van der Waals surface area contributed by atoms with Crippen LogP contribution in [0.1, 0.15) is 42.6 Å². The van der Waals surface area contributed by atoms with Crippen LogP contribution in [0.3, 0.4) is 0 Å². The Hall–Kier alpha value is -2.42. The van der Waals surface area contributed by atoms with Gasteiger partial charge in [0, 0.05) is 24.7 Å². The third-order valence-corrected chi connectivity index (χ3v) is 7.32. The lowest BCUT2D eigenvalue weighted by Gasteiger charge is -2.32. The highest BCUT2D eigenvalue weighted by Crippen LogP contribution is 2.20. The first-order valence-electron chi connectivity index (χ1n) is 11.0. The van der Waals surface area contributed by atoms with Crippen LogP contribution in [0, 0.1) is 5.92 Å². The summed E-state index contributed by atoms with van der Waals surface area (Å²) in [4.78, 5) is 15.1. The molecule has 0 aromatic heterocycles. The third kappa shape index (κ3) is 6.79. The number of hydrogen-bond acceptors (Lipinski definition) is 5. The van der Waals surface area contributed by atoms with Gasteiger partial charge in [-0.3, -0.25) is 9.69 Å². The maximum Gasteiger partial charge on any atom is 0.251 e. The summed E-state index contributed by atoms with van der Waals surface area (Å²) in [6, 6.07) is 14.0. The summed E-state index contributed by atoms with van der Waals surface area (Å²) < 4.78 is 32.2. The van der Waals surface area contributed by atoms with Crippen LogP contribution >= 0.6 is 0 Å². The van der Waals surface area contributed by atoms with Crippen molar-refractivity contribution in [3.05, 3.63) is 59.7 Å². The monoisotopic (exact) mass is 459 g/mol. The summed E-state index contributed by atoms with van der Waals surface area (Å²) in [5.74, 6) is 1.14. The number of carbonyl (C=O) groups excluding carboxylic acids is 1. The van der Waals surface area contributed by atoms with Gasteiger partial charge in [0.1, 0.15) is 5.75 Å². The first-order chi connectivity index (χ1) is 15.3. The molecule has 2 aromatic carbocycles. The average Bonchev–Trinajstić information content (AvgIpc) is 2.78. The molecular formula is C24H33N3O4S. The molecule has 0 spiro atoms. The van der Waals surface area contributed by atoms with Gasteiger partial charge in [-0.2, -0.15) is 0 Å². The van der Waals surface area contributed by atoms with Crippen molar-refractivity contribution in [1.82, 2.24) is 14.9 Å². The van der Waals surface area contributed by atoms with E-state index in [4.69, 9.17) is 4.74 Å². The van der Waals surface area contributed by atoms with Crippen LogP contribution in [-0.2, 0) is 16.6 Å². The number of benzene rings is 2. The summed E-state index contributed by atoms with van der Waals surface area (Å²) in [7, 11) is -1.89. The van der Waals surface area contributed by atoms with E-state index in [0.717, 1.165) is 38.2 Å². The van der Waals surface area contributed by atoms with E-state index >= 15 is 0 Å². The zero-order chi connectivity index (χ0) is 23.1. The second-order valence-corrected chi connectivity index (χ2v) is 10.3. The largest absolute Gasteiger partial charge is 0.497 e. The fraction of sp³-hybridized carbons (Fsp3) is 0.458. The van der Waals surface area contributed by atoms with Crippen molar-refractivity contribution in [3.8, 4) is 5.75 Å². The highest BCUT2D eigenvalue weighted by molar-refractivity contribution is 7.89. The molecule has 32 heavy (non-hydrogen) atoms. The van der Waals surface area contributed by atoms with Gasteiger partial charge in [-0.25, -0.2) is 13.1 Å². The fourth-order valence-corrected chi connectivity index (χ4v) is 5.09. The number of nitrogens with zero attached hydrogens (tertiary/aromatic N) is 1. The van der Waals surface area contributed by atoms with Crippen molar-refractivity contribution >= 4 is 15.9 Å². The molecule has 0 atom stereocenters. The summed E-state index contributed by atoms with van der Waals surface area (Å²) >= 11 is 0. The lowest BCUT2D eigenvalue weighted by atomic mass is 9.96. The van der Waals surface area contributed by atoms with Crippen LogP contribution in [0.25, 0.3) is 0 Å². The molecule has 0 bridgehead atoms. The maximum atomic E-state index is 12.5. The van der Waals surface area contributed by atoms with E-state index in [9.17, 15) is 13.2 Å². The molecule has 1 amide bonds. The van der Waals surface area contributed by atoms with Crippen LogP contribution in [0.15, 0.2) is 53.4 Å². The van der Waals surface area contributed by atoms with Crippen LogP contribution in [0.2, 0.25) is 0 Å². The van der Waals surface area contributed by atoms with E-state index in [-0.39, 0.29) is 16.8 Å². The van der Waals surface area contributed by atoms with Gasteiger partial charge in [-0.1, -0.05) is 12.1 Å². The van der Waals surface area contributed by atoms with E-state index in [1.165, 1.54) is 17.7 Å². The summed E-state index contributed by atoms with van der Waals surface area (Å²) in [5.41, 5.74) is 1.73. The zero-order valence-electron chi connectivity index (χ0n) is 19.0. The van der Waals surface area contributed by atoms with Crippen LogP contribution in [0.4, 0.5) is 0 Å². The molecule has 1 aliphatic heterocycles. The van der Waals surface area contributed by atoms with Gasteiger partial charge in [-0.15, -0.1) is 0 Å². The minimum absolute atomic E-state index is 0.159. The van der Waals surface area contributed by atoms with E-state index in [2.05, 4.69) is 27.1 Å². The number of rotatable bonds is 9. The summed E-state index contributed by atoms with van der Waals surface area (Å²) in [6.45, 7) is 7.09. The highest BCUT2D eigenvalue weighted by atomic mass is 32.2. The van der Waals surface area contributed by atoms with Crippen molar-refractivity contribution in [2.24, 2.45) is 5.92 Å². The van der Waals surface area contributed by atoms with Crippen LogP contribution in [0.5, 0.6) is 5.75 Å². The van der Waals surface area contributed by atoms with E-state index in [0.29, 0.717) is 18.0 Å². The maximum absolute atomic E-state index is 12.5. The molecule has 1 aliphatic rings. The van der Waals surface area contributed by atoms with Crippen LogP contribution < -0.4 is 14.8 Å². The van der Waals surface area contributed by atoms with Gasteiger partial charge in [0.2, 0.25) is 10.0 Å². The van der Waals surface area contributed by atoms with Crippen molar-refractivity contribution in [1.29, 1.82) is 0 Å². The Morgan fingerprint density at radius 3 is 2.25 bits per heavy atom. The molecular weight excluding hydrogens is 426 g/mol. The Kier molecular flexibility index (Phi) is 8.28. The molecule has 7 nitrogen and oxygen atoms in total. The van der Waals surface area contributed by atoms with E-state index < -0.39 is 10.0 Å². The van der Waals surface area contributed by atoms with Gasteiger partial charge < -0.3 is 10.1 Å². The third-order valence-electron chi connectivity index (χ3n) is 5.64. The van der Waals surface area contributed by atoms with E-state index in [1.54, 1.807) is 33.1 Å². The van der Waals surface area contributed by atoms with Crippen molar-refractivity contribution in [3.63, 3.8) is 0 Å². The molecule has 8 heteroatoms. The molecule has 174 valence electrons. The van der Waals surface area contributed by atoms with Gasteiger partial charge in [0.05, 0.1) is 12.0 Å². The minimum Gasteiger partial charge on any atom is -0.497 e. The Bertz CT molecular complexity index is 981. The number of ether oxygens (including phenoxy) is 1. The Morgan fingerprint density at radius 1 is 1.06 bits per heavy atom. The lowest BCUT2D eigenvalue weighted by Crippen LogP contribution is -2.38. The molecule has 0 saturated carbocycles. The molecule has 0 unspecified atom stereocenters. The standard InChI is InChI=1S/C24H33N3O4S/c1-18(2)26-32(29,30)23-10-6-21(7-11-23)24(28)25-16-19-12-14-27(15-13-19)17-20-4-8-22(31-3)9-5-20/h4-11,18-19,26H,12-17H2,1-3H3,(H,25,28). The van der Waals surface area contributed by atoms with Crippen molar-refractivity contribution in [2.75, 3.05) is 26.7 Å². The Morgan fingerprint density at radius 2 is 1.69 bits per heavy atom. The molecule has 1 heterocycles. The second-order valence-electron chi connectivity index (χ2n) is 8.58. The van der Waals surface area contributed by atoms with Crippen molar-refractivity contribution < 1.29 is 17.9 Å². The summed E-state index contributed by atoms with van der Waals surface area (Å²) in [6.07, 6.45) is 2.07. The number of likely N-dealkylation sites (tertiary alicyclic amines) is 1. The molecule has 3 rings (SSSR count). The van der Waals surface area contributed by atoms with Crippen LogP contribution in [-0.4, -0.2) is 52.0 Å². The highest BCUT2D eigenvalue weighted by Gasteiger charge is 2.21. The zero-order valence-corrected chi connectivity index (χ0v) is 19.8. The number of sulfonamides is 1. The second kappa shape index (κ2) is 10.9. The smallest absolute Gasteiger partial charge is 0.251 e. The lowest BCUT2D eigenvalue weighted by molar-refractivity contribution is 0.0935. The topological polar surface area (TPSA) is 87.7 Å². The fourth-order valence-electron chi connectivity index (χ4n) is 3.84. The normalized spacial score (nSPS) is 15.6. The number of nitrogens with one attached hydrogen (secondary N) is 2. The number of piperidine rings is 1. The van der Waals surface area contributed by atoms with Gasteiger partial charge in [0.15, 0.2) is 0 Å². The number of hydrogen-bond donors (Lipinski definition) is 2. The quantitative estimate of drug-likeness (QED) is 0.602. The predicted molar refractivity (Wildman–Crippen MR) is 125 cm³/mol. The molecule has 1 saturated heterocycles. The number of methoxy groups -OCH3 is 1. The molecule has 0 radical (unpaired) electrons. The first kappa shape index (κ1) is 24.2. The Labute approximate surface area is 191 Å². The molecule has 1 fully saturated rings. The number of carbonyl (C=O) groups is 1. The average molecular weight is 460 g/mol.